The van der Waals surface area contributed by atoms with E-state index in [1.807, 2.05) is 38.2 Å². The molecule has 2 aromatic rings. The lowest BCUT2D eigenvalue weighted by molar-refractivity contribution is -0.138. The van der Waals surface area contributed by atoms with E-state index in [4.69, 9.17) is 4.74 Å². The molecule has 1 aliphatic heterocycles. The first kappa shape index (κ1) is 22.7. The fourth-order valence-corrected chi connectivity index (χ4v) is 4.01. The Bertz CT molecular complexity index is 1020. The van der Waals surface area contributed by atoms with Crippen LogP contribution in [0.1, 0.15) is 28.3 Å². The van der Waals surface area contributed by atoms with Gasteiger partial charge in [0.05, 0.1) is 30.8 Å². The molecule has 2 unspecified atom stereocenters. The average Bonchev–Trinajstić information content (AvgIpc) is 2.74. The van der Waals surface area contributed by atoms with Gasteiger partial charge >= 0.3 is 6.18 Å². The number of aryl methyl sites for hydroxylation is 1. The SMILES string of the molecule is COCC[N+]1(C)C(c2ccc(C)cc2)=CC(NC(=O)C=O)c2c(C(F)(F)F)cccc21. The second-order valence-electron chi connectivity index (χ2n) is 7.67. The number of hydrogen-bond donors (Lipinski definition) is 1. The summed E-state index contributed by atoms with van der Waals surface area (Å²) in [5.41, 5.74) is 2.03. The molecular formula is C23H24F3N2O3+. The standard InChI is InChI=1S/C23H23F3N2O3/c1-15-7-9-16(10-8-15)20-13-18(27-21(30)14-29)22-17(23(24,25)26)5-4-6-19(22)28(20,2)11-12-31-3/h4-10,13-14,18H,11-12H2,1-3H3/p+1. The molecule has 0 radical (unpaired) electrons. The number of hydrogen-bond acceptors (Lipinski definition) is 3. The lowest BCUT2D eigenvalue weighted by Gasteiger charge is -2.42. The van der Waals surface area contributed by atoms with Crippen molar-refractivity contribution in [3.05, 3.63) is 70.8 Å². The van der Waals surface area contributed by atoms with E-state index in [1.165, 1.54) is 13.2 Å². The minimum absolute atomic E-state index is 0.0453. The number of rotatable bonds is 6. The van der Waals surface area contributed by atoms with E-state index in [0.717, 1.165) is 17.2 Å². The van der Waals surface area contributed by atoms with Crippen LogP contribution in [0.3, 0.4) is 0 Å². The van der Waals surface area contributed by atoms with Crippen molar-refractivity contribution in [1.82, 2.24) is 9.80 Å². The quantitative estimate of drug-likeness (QED) is 0.426. The second kappa shape index (κ2) is 8.64. The Balaban J connectivity index is 2.31. The van der Waals surface area contributed by atoms with Crippen LogP contribution in [0.5, 0.6) is 0 Å². The number of aldehydes is 1. The van der Waals surface area contributed by atoms with Crippen LogP contribution >= 0.6 is 0 Å². The van der Waals surface area contributed by atoms with Crippen molar-refractivity contribution in [2.45, 2.75) is 19.1 Å². The zero-order chi connectivity index (χ0) is 22.8. The third kappa shape index (κ3) is 4.40. The Morgan fingerprint density at radius 3 is 2.45 bits per heavy atom. The molecule has 1 heterocycles. The summed E-state index contributed by atoms with van der Waals surface area (Å²) in [7, 11) is 3.35. The fourth-order valence-electron chi connectivity index (χ4n) is 4.01. The number of nitrogens with one attached hydrogen (secondary N) is 1. The van der Waals surface area contributed by atoms with Crippen molar-refractivity contribution in [1.29, 1.82) is 0 Å². The molecule has 3 rings (SSSR count). The third-order valence-corrected chi connectivity index (χ3v) is 5.58. The van der Waals surface area contributed by atoms with Crippen molar-refractivity contribution in [3.63, 3.8) is 0 Å². The fraction of sp³-hybridized carbons (Fsp3) is 0.304. The molecule has 31 heavy (non-hydrogen) atoms. The van der Waals surface area contributed by atoms with E-state index in [1.54, 1.807) is 12.1 Å². The van der Waals surface area contributed by atoms with Gasteiger partial charge in [0.25, 0.3) is 5.91 Å². The highest BCUT2D eigenvalue weighted by Gasteiger charge is 2.46. The van der Waals surface area contributed by atoms with Gasteiger partial charge in [-0.05, 0) is 31.2 Å². The van der Waals surface area contributed by atoms with E-state index in [-0.39, 0.29) is 16.3 Å². The van der Waals surface area contributed by atoms with Crippen LogP contribution in [-0.2, 0) is 20.5 Å². The molecule has 5 nitrogen and oxygen atoms in total. The molecule has 1 N–H and O–H groups in total. The topological polar surface area (TPSA) is 55.4 Å². The van der Waals surface area contributed by atoms with Gasteiger partial charge in [-0.25, -0.2) is 0 Å². The molecule has 164 valence electrons. The number of amides is 1. The predicted octanol–water partition coefficient (Wildman–Crippen LogP) is 4.01. The number of alkyl halides is 3. The first-order valence-corrected chi connectivity index (χ1v) is 9.72. The molecule has 1 amide bonds. The van der Waals surface area contributed by atoms with E-state index < -0.39 is 23.7 Å². The predicted molar refractivity (Wildman–Crippen MR) is 112 cm³/mol. The van der Waals surface area contributed by atoms with Gasteiger partial charge in [0.1, 0.15) is 17.9 Å². The van der Waals surface area contributed by atoms with Gasteiger partial charge in [0.15, 0.2) is 0 Å². The van der Waals surface area contributed by atoms with E-state index in [9.17, 15) is 22.8 Å². The summed E-state index contributed by atoms with van der Waals surface area (Å²) < 4.78 is 47.0. The first-order valence-electron chi connectivity index (χ1n) is 9.72. The molecule has 2 aromatic carbocycles. The molecule has 0 aromatic heterocycles. The maximum Gasteiger partial charge on any atom is 0.416 e. The Morgan fingerprint density at radius 2 is 1.87 bits per heavy atom. The minimum Gasteiger partial charge on any atom is -0.379 e. The number of quaternary nitrogens is 1. The second-order valence-corrected chi connectivity index (χ2v) is 7.67. The largest absolute Gasteiger partial charge is 0.416 e. The van der Waals surface area contributed by atoms with Crippen LogP contribution in [0.15, 0.2) is 48.5 Å². The summed E-state index contributed by atoms with van der Waals surface area (Å²) in [6, 6.07) is 10.5. The van der Waals surface area contributed by atoms with E-state index in [2.05, 4.69) is 5.32 Å². The monoisotopic (exact) mass is 433 g/mol. The summed E-state index contributed by atoms with van der Waals surface area (Å²) in [5.74, 6) is -0.986. The highest BCUT2D eigenvalue weighted by atomic mass is 19.4. The van der Waals surface area contributed by atoms with Crippen LogP contribution in [0.25, 0.3) is 5.70 Å². The van der Waals surface area contributed by atoms with Crippen LogP contribution in [0.4, 0.5) is 18.9 Å². The lowest BCUT2D eigenvalue weighted by Crippen LogP contribution is -2.50. The third-order valence-electron chi connectivity index (χ3n) is 5.58. The zero-order valence-corrected chi connectivity index (χ0v) is 17.5. The van der Waals surface area contributed by atoms with Gasteiger partial charge in [-0.3, -0.25) is 14.1 Å². The Labute approximate surface area is 178 Å². The lowest BCUT2D eigenvalue weighted by atomic mass is 9.89. The normalized spacial score (nSPS) is 20.6. The van der Waals surface area contributed by atoms with Crippen molar-refractivity contribution in [3.8, 4) is 0 Å². The smallest absolute Gasteiger partial charge is 0.379 e. The summed E-state index contributed by atoms with van der Waals surface area (Å²) in [6.07, 6.45) is -2.97. The summed E-state index contributed by atoms with van der Waals surface area (Å²) >= 11 is 0. The molecule has 0 fully saturated rings. The summed E-state index contributed by atoms with van der Waals surface area (Å²) in [4.78, 5) is 22.8. The van der Waals surface area contributed by atoms with Crippen molar-refractivity contribution < 1.29 is 27.5 Å². The van der Waals surface area contributed by atoms with Crippen LogP contribution < -0.4 is 9.80 Å². The van der Waals surface area contributed by atoms with Crippen molar-refractivity contribution >= 4 is 23.6 Å². The molecular weight excluding hydrogens is 409 g/mol. The van der Waals surface area contributed by atoms with E-state index in [0.29, 0.717) is 24.5 Å². The molecule has 0 bridgehead atoms. The van der Waals surface area contributed by atoms with Crippen molar-refractivity contribution in [2.24, 2.45) is 0 Å². The Hall–Kier alpha value is -2.97. The number of halogens is 3. The highest BCUT2D eigenvalue weighted by molar-refractivity contribution is 6.23. The highest BCUT2D eigenvalue weighted by Crippen LogP contribution is 2.48. The number of carbonyl (C=O) groups excluding carboxylic acids is 2. The number of likely N-dealkylation sites (N-methyl/N-ethyl adjacent to an activating group) is 1. The number of benzene rings is 2. The van der Waals surface area contributed by atoms with Gasteiger partial charge in [0, 0.05) is 18.7 Å². The molecule has 0 spiro atoms. The number of carbonyl (C=O) groups is 2. The average molecular weight is 433 g/mol. The van der Waals surface area contributed by atoms with Gasteiger partial charge in [0.2, 0.25) is 6.29 Å². The van der Waals surface area contributed by atoms with Crippen LogP contribution in [0.2, 0.25) is 0 Å². The number of methoxy groups -OCH3 is 1. The summed E-state index contributed by atoms with van der Waals surface area (Å²) in [5, 5.41) is 2.42. The first-order chi connectivity index (χ1) is 14.6. The zero-order valence-electron chi connectivity index (χ0n) is 17.5. The minimum atomic E-state index is -4.63. The molecule has 8 heteroatoms. The van der Waals surface area contributed by atoms with Gasteiger partial charge in [-0.15, -0.1) is 0 Å². The van der Waals surface area contributed by atoms with Gasteiger partial charge < -0.3 is 10.1 Å². The molecule has 2 atom stereocenters. The Morgan fingerprint density at radius 1 is 1.19 bits per heavy atom. The van der Waals surface area contributed by atoms with Crippen LogP contribution in [-0.4, -0.2) is 39.5 Å². The molecule has 0 aliphatic carbocycles. The van der Waals surface area contributed by atoms with Crippen molar-refractivity contribution in [2.75, 3.05) is 27.3 Å². The number of fused-ring (bicyclic) bond motifs is 1. The molecule has 0 saturated heterocycles. The maximum atomic E-state index is 13.9. The van der Waals surface area contributed by atoms with Gasteiger partial charge in [-0.2, -0.15) is 13.2 Å². The van der Waals surface area contributed by atoms with Crippen LogP contribution in [0, 0.1) is 6.92 Å². The maximum absolute atomic E-state index is 13.9. The number of nitrogens with zero attached hydrogens (tertiary/aromatic N) is 1. The van der Waals surface area contributed by atoms with Gasteiger partial charge in [-0.1, -0.05) is 23.8 Å². The Kier molecular flexibility index (Phi) is 6.33. The van der Waals surface area contributed by atoms with E-state index >= 15 is 0 Å². The number of ether oxygens (including phenoxy) is 1. The molecule has 1 aliphatic rings. The molecule has 0 saturated carbocycles. The summed E-state index contributed by atoms with van der Waals surface area (Å²) in [6.45, 7) is 2.62.